The van der Waals surface area contributed by atoms with E-state index in [0.717, 1.165) is 38.0 Å². The largest absolute Gasteiger partial charge is 0.396 e. The molecule has 1 fully saturated rings. The number of piperidine rings is 1. The number of hydrogen-bond donors (Lipinski definition) is 2. The zero-order valence-electron chi connectivity index (χ0n) is 12.1. The molecule has 0 aliphatic carbocycles. The van der Waals surface area contributed by atoms with Crippen molar-refractivity contribution in [1.82, 2.24) is 4.90 Å². The lowest BCUT2D eigenvalue weighted by Gasteiger charge is -2.31. The fourth-order valence-electron chi connectivity index (χ4n) is 2.72. The molecule has 1 amide bonds. The average molecular weight is 276 g/mol. The lowest BCUT2D eigenvalue weighted by Crippen LogP contribution is -2.41. The number of aliphatic hydroxyl groups is 1. The molecule has 4 heteroatoms. The number of anilines is 1. The molecule has 1 unspecified atom stereocenters. The SMILES string of the molecule is CCc1cccc(NC(=O)CN2CCCC(CO)C2)c1. The third kappa shape index (κ3) is 4.32. The van der Waals surface area contributed by atoms with Crippen LogP contribution in [0, 0.1) is 5.92 Å². The number of aryl methyl sites for hydroxylation is 1. The molecule has 1 heterocycles. The van der Waals surface area contributed by atoms with Gasteiger partial charge < -0.3 is 10.4 Å². The molecule has 0 spiro atoms. The van der Waals surface area contributed by atoms with Crippen molar-refractivity contribution in [3.8, 4) is 0 Å². The Morgan fingerprint density at radius 3 is 3.10 bits per heavy atom. The Balaban J connectivity index is 1.85. The lowest BCUT2D eigenvalue weighted by molar-refractivity contribution is -0.117. The molecular weight excluding hydrogens is 252 g/mol. The van der Waals surface area contributed by atoms with E-state index in [0.29, 0.717) is 12.5 Å². The Hall–Kier alpha value is -1.39. The Labute approximate surface area is 120 Å². The van der Waals surface area contributed by atoms with Crippen molar-refractivity contribution in [1.29, 1.82) is 0 Å². The molecule has 0 saturated carbocycles. The second kappa shape index (κ2) is 7.41. The van der Waals surface area contributed by atoms with Gasteiger partial charge in [0.2, 0.25) is 5.91 Å². The predicted octanol–water partition coefficient (Wildman–Crippen LogP) is 1.89. The molecule has 20 heavy (non-hydrogen) atoms. The first kappa shape index (κ1) is 15.0. The summed E-state index contributed by atoms with van der Waals surface area (Å²) in [6.07, 6.45) is 3.09. The number of nitrogens with one attached hydrogen (secondary N) is 1. The highest BCUT2D eigenvalue weighted by atomic mass is 16.3. The number of likely N-dealkylation sites (tertiary alicyclic amines) is 1. The van der Waals surface area contributed by atoms with E-state index in [9.17, 15) is 9.90 Å². The molecule has 1 aliphatic heterocycles. The van der Waals surface area contributed by atoms with Crippen molar-refractivity contribution in [2.24, 2.45) is 5.92 Å². The van der Waals surface area contributed by atoms with Crippen molar-refractivity contribution in [2.45, 2.75) is 26.2 Å². The maximum absolute atomic E-state index is 12.1. The van der Waals surface area contributed by atoms with Crippen molar-refractivity contribution < 1.29 is 9.90 Å². The van der Waals surface area contributed by atoms with Gasteiger partial charge >= 0.3 is 0 Å². The van der Waals surface area contributed by atoms with E-state index in [1.54, 1.807) is 0 Å². The lowest BCUT2D eigenvalue weighted by atomic mass is 9.99. The summed E-state index contributed by atoms with van der Waals surface area (Å²) >= 11 is 0. The molecule has 1 atom stereocenters. The minimum atomic E-state index is 0.0249. The van der Waals surface area contributed by atoms with Crippen LogP contribution >= 0.6 is 0 Å². The van der Waals surface area contributed by atoms with E-state index in [1.165, 1.54) is 5.56 Å². The summed E-state index contributed by atoms with van der Waals surface area (Å²) in [6, 6.07) is 7.97. The summed E-state index contributed by atoms with van der Waals surface area (Å²) in [5.41, 5.74) is 2.09. The van der Waals surface area contributed by atoms with E-state index in [1.807, 2.05) is 18.2 Å². The van der Waals surface area contributed by atoms with Gasteiger partial charge in [-0.3, -0.25) is 9.69 Å². The Morgan fingerprint density at radius 1 is 1.50 bits per heavy atom. The van der Waals surface area contributed by atoms with E-state index in [4.69, 9.17) is 0 Å². The van der Waals surface area contributed by atoms with Gasteiger partial charge in [-0.05, 0) is 49.4 Å². The highest BCUT2D eigenvalue weighted by molar-refractivity contribution is 5.92. The highest BCUT2D eigenvalue weighted by Gasteiger charge is 2.20. The Kier molecular flexibility index (Phi) is 5.56. The summed E-state index contributed by atoms with van der Waals surface area (Å²) in [4.78, 5) is 14.2. The summed E-state index contributed by atoms with van der Waals surface area (Å²) < 4.78 is 0. The summed E-state index contributed by atoms with van der Waals surface area (Å²) in [5.74, 6) is 0.344. The van der Waals surface area contributed by atoms with Crippen molar-refractivity contribution >= 4 is 11.6 Å². The van der Waals surface area contributed by atoms with Crippen LogP contribution in [0.3, 0.4) is 0 Å². The monoisotopic (exact) mass is 276 g/mol. The standard InChI is InChI=1S/C16H24N2O2/c1-2-13-5-3-7-15(9-13)17-16(20)11-18-8-4-6-14(10-18)12-19/h3,5,7,9,14,19H,2,4,6,8,10-12H2,1H3,(H,17,20). The van der Waals surface area contributed by atoms with Crippen molar-refractivity contribution in [2.75, 3.05) is 31.6 Å². The zero-order chi connectivity index (χ0) is 14.4. The van der Waals surface area contributed by atoms with Crippen LogP contribution < -0.4 is 5.32 Å². The van der Waals surface area contributed by atoms with Crippen LogP contribution in [0.1, 0.15) is 25.3 Å². The molecule has 2 N–H and O–H groups in total. The van der Waals surface area contributed by atoms with E-state index in [2.05, 4.69) is 23.2 Å². The zero-order valence-corrected chi connectivity index (χ0v) is 12.1. The summed E-state index contributed by atoms with van der Waals surface area (Å²) in [5, 5.41) is 12.2. The fourth-order valence-corrected chi connectivity index (χ4v) is 2.72. The van der Waals surface area contributed by atoms with Crippen molar-refractivity contribution in [3.05, 3.63) is 29.8 Å². The second-order valence-corrected chi connectivity index (χ2v) is 5.53. The van der Waals surface area contributed by atoms with Crippen LogP contribution in [0.25, 0.3) is 0 Å². The third-order valence-electron chi connectivity index (χ3n) is 3.85. The number of rotatable bonds is 5. The van der Waals surface area contributed by atoms with Crippen LogP contribution in [-0.2, 0) is 11.2 Å². The summed E-state index contributed by atoms with van der Waals surface area (Å²) in [7, 11) is 0. The van der Waals surface area contributed by atoms with Gasteiger partial charge in [-0.25, -0.2) is 0 Å². The molecule has 0 bridgehead atoms. The maximum Gasteiger partial charge on any atom is 0.238 e. The second-order valence-electron chi connectivity index (χ2n) is 5.53. The minimum Gasteiger partial charge on any atom is -0.396 e. The molecule has 4 nitrogen and oxygen atoms in total. The molecule has 2 rings (SSSR count). The van der Waals surface area contributed by atoms with Gasteiger partial charge in [0.1, 0.15) is 0 Å². The Bertz CT molecular complexity index is 448. The molecule has 1 aliphatic rings. The predicted molar refractivity (Wildman–Crippen MR) is 80.7 cm³/mol. The minimum absolute atomic E-state index is 0.0249. The van der Waals surface area contributed by atoms with Gasteiger partial charge in [0, 0.05) is 18.8 Å². The van der Waals surface area contributed by atoms with Crippen LogP contribution in [-0.4, -0.2) is 42.2 Å². The first-order chi connectivity index (χ1) is 9.71. The molecular formula is C16H24N2O2. The van der Waals surface area contributed by atoms with Crippen LogP contribution in [0.15, 0.2) is 24.3 Å². The van der Waals surface area contributed by atoms with Crippen LogP contribution in [0.2, 0.25) is 0 Å². The molecule has 1 aromatic carbocycles. The van der Waals surface area contributed by atoms with Crippen LogP contribution in [0.4, 0.5) is 5.69 Å². The maximum atomic E-state index is 12.1. The molecule has 0 radical (unpaired) electrons. The number of benzene rings is 1. The molecule has 0 aromatic heterocycles. The topological polar surface area (TPSA) is 52.6 Å². The van der Waals surface area contributed by atoms with E-state index >= 15 is 0 Å². The van der Waals surface area contributed by atoms with Crippen molar-refractivity contribution in [3.63, 3.8) is 0 Å². The number of hydrogen-bond acceptors (Lipinski definition) is 3. The van der Waals surface area contributed by atoms with E-state index in [-0.39, 0.29) is 12.5 Å². The highest BCUT2D eigenvalue weighted by Crippen LogP contribution is 2.16. The normalized spacial score (nSPS) is 19.8. The first-order valence-corrected chi connectivity index (χ1v) is 7.43. The van der Waals surface area contributed by atoms with Gasteiger partial charge in [0.05, 0.1) is 6.54 Å². The van der Waals surface area contributed by atoms with Gasteiger partial charge in [-0.15, -0.1) is 0 Å². The molecule has 1 saturated heterocycles. The smallest absolute Gasteiger partial charge is 0.238 e. The quantitative estimate of drug-likeness (QED) is 0.863. The summed E-state index contributed by atoms with van der Waals surface area (Å²) in [6.45, 7) is 4.49. The average Bonchev–Trinajstić information content (AvgIpc) is 2.47. The number of amides is 1. The third-order valence-corrected chi connectivity index (χ3v) is 3.85. The van der Waals surface area contributed by atoms with Gasteiger partial charge in [-0.2, -0.15) is 0 Å². The van der Waals surface area contributed by atoms with Gasteiger partial charge in [0.15, 0.2) is 0 Å². The molecule has 110 valence electrons. The number of nitrogens with zero attached hydrogens (tertiary/aromatic N) is 1. The number of carbonyl (C=O) groups is 1. The van der Waals surface area contributed by atoms with E-state index < -0.39 is 0 Å². The van der Waals surface area contributed by atoms with Gasteiger partial charge in [0.25, 0.3) is 0 Å². The Morgan fingerprint density at radius 2 is 2.35 bits per heavy atom. The number of carbonyl (C=O) groups excluding carboxylic acids is 1. The van der Waals surface area contributed by atoms with Gasteiger partial charge in [-0.1, -0.05) is 19.1 Å². The molecule has 1 aromatic rings. The first-order valence-electron chi connectivity index (χ1n) is 7.43. The number of aliphatic hydroxyl groups excluding tert-OH is 1. The fraction of sp³-hybridized carbons (Fsp3) is 0.562. The van der Waals surface area contributed by atoms with Crippen LogP contribution in [0.5, 0.6) is 0 Å².